The number of nitrogens with zero attached hydrogens (tertiary/aromatic N) is 5. The Kier molecular flexibility index (Phi) is 8.05. The molecule has 0 saturated carbocycles. The minimum atomic E-state index is 0.110. The number of rotatable bonds is 8. The number of hydrogen-bond acceptors (Lipinski definition) is 7. The molecule has 0 aliphatic carbocycles. The maximum atomic E-state index is 12.3. The zero-order valence-electron chi connectivity index (χ0n) is 23.9. The van der Waals surface area contributed by atoms with Crippen molar-refractivity contribution >= 4 is 22.5 Å². The molecule has 2 aromatic heterocycles. The lowest BCUT2D eigenvalue weighted by molar-refractivity contribution is -0.130. The van der Waals surface area contributed by atoms with Gasteiger partial charge in [-0.15, -0.1) is 0 Å². The number of benzene rings is 1. The first-order chi connectivity index (χ1) is 19.5. The van der Waals surface area contributed by atoms with Crippen molar-refractivity contribution in [1.82, 2.24) is 19.4 Å². The van der Waals surface area contributed by atoms with E-state index in [2.05, 4.69) is 34.6 Å². The molecule has 0 radical (unpaired) electrons. The van der Waals surface area contributed by atoms with E-state index in [9.17, 15) is 4.79 Å². The molecule has 3 aliphatic rings. The van der Waals surface area contributed by atoms with Crippen LogP contribution in [0.5, 0.6) is 0 Å². The summed E-state index contributed by atoms with van der Waals surface area (Å²) < 4.78 is 14.2. The number of ether oxygens (including phenoxy) is 2. The topological polar surface area (TPSA) is 98.7 Å². The standard InChI is InChI=1S/C31H42N6O3/c1-21-17-26-25(5-10-33-27(26)18-28(21)36-11-6-24(19-36)40-14-4-3-9-32)30-29-20-35(22(2)38)12-13-37(29)31(34-30)23-7-15-39-16-8-23/h5,10,17-18,23-24H,3-4,6-9,11-16,19-20,32H2,1-2H3. The average Bonchev–Trinajstić information content (AvgIpc) is 3.60. The van der Waals surface area contributed by atoms with E-state index in [0.717, 1.165) is 118 Å². The van der Waals surface area contributed by atoms with Crippen LogP contribution in [-0.4, -0.2) is 77.4 Å². The van der Waals surface area contributed by atoms with Gasteiger partial charge in [-0.2, -0.15) is 0 Å². The second-order valence-corrected chi connectivity index (χ2v) is 11.5. The third-order valence-corrected chi connectivity index (χ3v) is 8.82. The van der Waals surface area contributed by atoms with E-state index in [-0.39, 0.29) is 12.0 Å². The monoisotopic (exact) mass is 546 g/mol. The molecule has 214 valence electrons. The summed E-state index contributed by atoms with van der Waals surface area (Å²) in [7, 11) is 0. The molecule has 9 nitrogen and oxygen atoms in total. The van der Waals surface area contributed by atoms with Crippen molar-refractivity contribution in [3.8, 4) is 11.3 Å². The fourth-order valence-corrected chi connectivity index (χ4v) is 6.56. The Morgan fingerprint density at radius 2 is 2.00 bits per heavy atom. The lowest BCUT2D eigenvalue weighted by Gasteiger charge is -2.30. The highest BCUT2D eigenvalue weighted by Crippen LogP contribution is 2.38. The van der Waals surface area contributed by atoms with Crippen LogP contribution in [0.1, 0.15) is 62.0 Å². The lowest BCUT2D eigenvalue weighted by Crippen LogP contribution is -2.37. The van der Waals surface area contributed by atoms with Crippen molar-refractivity contribution in [3.05, 3.63) is 41.5 Å². The number of carbonyl (C=O) groups excluding carboxylic acids is 1. The van der Waals surface area contributed by atoms with Crippen molar-refractivity contribution in [2.24, 2.45) is 5.73 Å². The normalized spacial score (nSPS) is 19.9. The van der Waals surface area contributed by atoms with Crippen LogP contribution >= 0.6 is 0 Å². The fourth-order valence-electron chi connectivity index (χ4n) is 6.56. The summed E-state index contributed by atoms with van der Waals surface area (Å²) >= 11 is 0. The van der Waals surface area contributed by atoms with Gasteiger partial charge in [-0.25, -0.2) is 4.98 Å². The Morgan fingerprint density at radius 3 is 2.80 bits per heavy atom. The molecule has 9 heteroatoms. The van der Waals surface area contributed by atoms with Gasteiger partial charge < -0.3 is 29.6 Å². The largest absolute Gasteiger partial charge is 0.381 e. The van der Waals surface area contributed by atoms with Gasteiger partial charge >= 0.3 is 0 Å². The van der Waals surface area contributed by atoms with Gasteiger partial charge in [-0.3, -0.25) is 9.78 Å². The summed E-state index contributed by atoms with van der Waals surface area (Å²) in [6.45, 7) is 10.9. The minimum absolute atomic E-state index is 0.110. The maximum Gasteiger partial charge on any atom is 0.219 e. The lowest BCUT2D eigenvalue weighted by atomic mass is 9.99. The van der Waals surface area contributed by atoms with Gasteiger partial charge in [0.25, 0.3) is 0 Å². The fraction of sp³-hybridized carbons (Fsp3) is 0.581. The number of pyridine rings is 1. The number of nitrogens with two attached hydrogens (primary N) is 1. The Morgan fingerprint density at radius 1 is 1.15 bits per heavy atom. The third-order valence-electron chi connectivity index (χ3n) is 8.82. The molecule has 2 N–H and O–H groups in total. The van der Waals surface area contributed by atoms with Crippen LogP contribution in [0.15, 0.2) is 24.4 Å². The molecule has 5 heterocycles. The first kappa shape index (κ1) is 27.2. The van der Waals surface area contributed by atoms with Crippen LogP contribution in [0.4, 0.5) is 5.69 Å². The van der Waals surface area contributed by atoms with Gasteiger partial charge in [-0.1, -0.05) is 0 Å². The van der Waals surface area contributed by atoms with E-state index in [0.29, 0.717) is 12.5 Å². The zero-order chi connectivity index (χ0) is 27.6. The molecule has 2 fully saturated rings. The van der Waals surface area contributed by atoms with Crippen LogP contribution in [0.25, 0.3) is 22.2 Å². The third kappa shape index (κ3) is 5.34. The minimum Gasteiger partial charge on any atom is -0.381 e. The van der Waals surface area contributed by atoms with Crippen LogP contribution in [-0.2, 0) is 27.4 Å². The predicted octanol–water partition coefficient (Wildman–Crippen LogP) is 4.00. The van der Waals surface area contributed by atoms with E-state index < -0.39 is 0 Å². The molecule has 1 unspecified atom stereocenters. The molecule has 1 atom stereocenters. The van der Waals surface area contributed by atoms with E-state index in [1.807, 2.05) is 11.1 Å². The molecule has 0 bridgehead atoms. The van der Waals surface area contributed by atoms with Gasteiger partial charge in [0.1, 0.15) is 5.82 Å². The van der Waals surface area contributed by atoms with Gasteiger partial charge in [0.2, 0.25) is 5.91 Å². The Hall–Kier alpha value is -3.01. The SMILES string of the molecule is CC(=O)N1CCn2c(C3CCOCC3)nc(-c3ccnc4cc(N5CCC(OCCCCN)C5)c(C)cc34)c2C1. The summed E-state index contributed by atoms with van der Waals surface area (Å²) in [5, 5.41) is 1.11. The highest BCUT2D eigenvalue weighted by molar-refractivity contribution is 5.96. The predicted molar refractivity (Wildman–Crippen MR) is 156 cm³/mol. The Balaban J connectivity index is 1.33. The van der Waals surface area contributed by atoms with Crippen molar-refractivity contribution in [3.63, 3.8) is 0 Å². The first-order valence-electron chi connectivity index (χ1n) is 14.9. The maximum absolute atomic E-state index is 12.3. The first-order valence-corrected chi connectivity index (χ1v) is 14.9. The highest BCUT2D eigenvalue weighted by atomic mass is 16.5. The number of hydrogen-bond donors (Lipinski definition) is 1. The quantitative estimate of drug-likeness (QED) is 0.427. The molecule has 6 rings (SSSR count). The number of amides is 1. The van der Waals surface area contributed by atoms with E-state index >= 15 is 0 Å². The summed E-state index contributed by atoms with van der Waals surface area (Å²) in [6, 6.07) is 6.59. The number of aryl methyl sites for hydroxylation is 1. The van der Waals surface area contributed by atoms with E-state index in [1.54, 1.807) is 6.92 Å². The number of aromatic nitrogens is 3. The Bertz CT molecular complexity index is 1360. The number of imidazole rings is 1. The molecule has 3 aromatic rings. The van der Waals surface area contributed by atoms with Crippen LogP contribution in [0, 0.1) is 6.92 Å². The van der Waals surface area contributed by atoms with Gasteiger partial charge in [-0.05, 0) is 69.3 Å². The summed E-state index contributed by atoms with van der Waals surface area (Å²) in [5.74, 6) is 1.63. The number of carbonyl (C=O) groups is 1. The molecule has 1 aromatic carbocycles. The van der Waals surface area contributed by atoms with Crippen LogP contribution < -0.4 is 10.6 Å². The molecular weight excluding hydrogens is 504 g/mol. The average molecular weight is 547 g/mol. The second-order valence-electron chi connectivity index (χ2n) is 11.5. The summed E-state index contributed by atoms with van der Waals surface area (Å²) in [6.07, 6.45) is 7.20. The van der Waals surface area contributed by atoms with E-state index in [4.69, 9.17) is 25.2 Å². The van der Waals surface area contributed by atoms with Crippen LogP contribution in [0.3, 0.4) is 0 Å². The molecule has 3 aliphatic heterocycles. The van der Waals surface area contributed by atoms with Gasteiger partial charge in [0.05, 0.1) is 29.6 Å². The highest BCUT2D eigenvalue weighted by Gasteiger charge is 2.31. The molecule has 40 heavy (non-hydrogen) atoms. The summed E-state index contributed by atoms with van der Waals surface area (Å²) in [4.78, 5) is 26.8. The summed E-state index contributed by atoms with van der Waals surface area (Å²) in [5.41, 5.74) is 12.3. The number of anilines is 1. The zero-order valence-corrected chi connectivity index (χ0v) is 23.9. The van der Waals surface area contributed by atoms with Crippen LogP contribution in [0.2, 0.25) is 0 Å². The Labute approximate surface area is 236 Å². The smallest absolute Gasteiger partial charge is 0.219 e. The van der Waals surface area contributed by atoms with Crippen molar-refractivity contribution in [2.45, 2.75) is 71.1 Å². The van der Waals surface area contributed by atoms with Gasteiger partial charge in [0, 0.05) is 81.7 Å². The second kappa shape index (κ2) is 11.8. The van der Waals surface area contributed by atoms with Crippen molar-refractivity contribution in [1.29, 1.82) is 0 Å². The van der Waals surface area contributed by atoms with Crippen molar-refractivity contribution in [2.75, 3.05) is 50.9 Å². The molecule has 1 amide bonds. The van der Waals surface area contributed by atoms with Crippen molar-refractivity contribution < 1.29 is 14.3 Å². The van der Waals surface area contributed by atoms with Gasteiger partial charge in [0.15, 0.2) is 0 Å². The molecule has 2 saturated heterocycles. The number of unbranched alkanes of at least 4 members (excludes halogenated alkanes) is 1. The molecular formula is C31H42N6O3. The number of fused-ring (bicyclic) bond motifs is 2. The molecule has 0 spiro atoms. The van der Waals surface area contributed by atoms with E-state index in [1.165, 1.54) is 11.3 Å².